The first-order valence-electron chi connectivity index (χ1n) is 5.70. The van der Waals surface area contributed by atoms with Crippen molar-refractivity contribution in [3.05, 3.63) is 42.1 Å². The molecule has 9 heteroatoms. The monoisotopic (exact) mass is 323 g/mol. The highest BCUT2D eigenvalue weighted by molar-refractivity contribution is 5.67. The Bertz CT molecular complexity index is 681. The van der Waals surface area contributed by atoms with Gasteiger partial charge in [-0.1, -0.05) is 12.1 Å². The molecule has 0 aliphatic rings. The second-order valence-electron chi connectivity index (χ2n) is 4.14. The van der Waals surface area contributed by atoms with Gasteiger partial charge in [0, 0.05) is 5.56 Å². The lowest BCUT2D eigenvalue weighted by Crippen LogP contribution is -2.17. The molecule has 3 nitrogen and oxygen atoms in total. The number of hydrogen-bond acceptors (Lipinski definition) is 3. The molecule has 0 radical (unpaired) electrons. The highest BCUT2D eigenvalue weighted by Crippen LogP contribution is 2.35. The Labute approximate surface area is 119 Å². The SMILES string of the molecule is Oc1ccc(C(F)(F)F)nc1-c1cccc(OC(F)(F)F)c1. The fraction of sp³-hybridized carbons (Fsp3) is 0.154. The van der Waals surface area contributed by atoms with E-state index in [4.69, 9.17) is 0 Å². The first kappa shape index (κ1) is 15.9. The normalized spacial score (nSPS) is 12.3. The summed E-state index contributed by atoms with van der Waals surface area (Å²) >= 11 is 0. The van der Waals surface area contributed by atoms with Crippen molar-refractivity contribution in [1.82, 2.24) is 4.98 Å². The lowest BCUT2D eigenvalue weighted by Gasteiger charge is -2.12. The average molecular weight is 323 g/mol. The summed E-state index contributed by atoms with van der Waals surface area (Å²) < 4.78 is 77.9. The van der Waals surface area contributed by atoms with Gasteiger partial charge in [-0.05, 0) is 24.3 Å². The highest BCUT2D eigenvalue weighted by Gasteiger charge is 2.33. The number of pyridine rings is 1. The van der Waals surface area contributed by atoms with E-state index in [0.29, 0.717) is 6.07 Å². The van der Waals surface area contributed by atoms with Crippen LogP contribution in [0.2, 0.25) is 0 Å². The quantitative estimate of drug-likeness (QED) is 0.835. The van der Waals surface area contributed by atoms with Crippen molar-refractivity contribution in [2.45, 2.75) is 12.5 Å². The summed E-state index contributed by atoms with van der Waals surface area (Å²) in [6.45, 7) is 0. The van der Waals surface area contributed by atoms with Gasteiger partial charge in [-0.2, -0.15) is 13.2 Å². The zero-order valence-electron chi connectivity index (χ0n) is 10.5. The van der Waals surface area contributed by atoms with Crippen LogP contribution >= 0.6 is 0 Å². The van der Waals surface area contributed by atoms with Crippen LogP contribution in [0.1, 0.15) is 5.69 Å². The van der Waals surface area contributed by atoms with Gasteiger partial charge in [0.25, 0.3) is 0 Å². The maximum absolute atomic E-state index is 12.6. The molecule has 2 rings (SSSR count). The summed E-state index contributed by atoms with van der Waals surface area (Å²) in [5, 5.41) is 9.58. The number of nitrogens with zero attached hydrogens (tertiary/aromatic N) is 1. The van der Waals surface area contributed by atoms with E-state index in [1.165, 1.54) is 6.07 Å². The van der Waals surface area contributed by atoms with Gasteiger partial charge < -0.3 is 9.84 Å². The van der Waals surface area contributed by atoms with E-state index in [2.05, 4.69) is 9.72 Å². The molecular weight excluding hydrogens is 316 g/mol. The van der Waals surface area contributed by atoms with Gasteiger partial charge in [0.15, 0.2) is 0 Å². The van der Waals surface area contributed by atoms with Crippen LogP contribution in [-0.2, 0) is 6.18 Å². The van der Waals surface area contributed by atoms with Crippen molar-refractivity contribution in [2.75, 3.05) is 0 Å². The van der Waals surface area contributed by atoms with Gasteiger partial charge in [-0.25, -0.2) is 4.98 Å². The molecule has 1 N–H and O–H groups in total. The van der Waals surface area contributed by atoms with E-state index in [9.17, 15) is 31.4 Å². The standard InChI is InChI=1S/C13H7F6NO2/c14-12(15,16)10-5-4-9(21)11(20-10)7-2-1-3-8(6-7)22-13(17,18)19/h1-6,21H. The molecule has 1 aromatic carbocycles. The fourth-order valence-electron chi connectivity index (χ4n) is 1.66. The Morgan fingerprint density at radius 2 is 1.64 bits per heavy atom. The molecule has 0 unspecified atom stereocenters. The molecule has 0 atom stereocenters. The van der Waals surface area contributed by atoms with Crippen LogP contribution in [-0.4, -0.2) is 16.5 Å². The van der Waals surface area contributed by atoms with Crippen LogP contribution in [0.5, 0.6) is 11.5 Å². The molecule has 0 fully saturated rings. The van der Waals surface area contributed by atoms with Crippen molar-refractivity contribution in [2.24, 2.45) is 0 Å². The largest absolute Gasteiger partial charge is 0.573 e. The van der Waals surface area contributed by atoms with E-state index >= 15 is 0 Å². The molecule has 0 aliphatic carbocycles. The lowest BCUT2D eigenvalue weighted by atomic mass is 10.1. The molecule has 1 aromatic heterocycles. The van der Waals surface area contributed by atoms with Crippen LogP contribution in [0.15, 0.2) is 36.4 Å². The Kier molecular flexibility index (Phi) is 3.90. The van der Waals surface area contributed by atoms with Crippen LogP contribution in [0.3, 0.4) is 0 Å². The van der Waals surface area contributed by atoms with E-state index < -0.39 is 35.4 Å². The van der Waals surface area contributed by atoms with E-state index in [1.54, 1.807) is 0 Å². The third-order valence-corrected chi connectivity index (χ3v) is 2.51. The summed E-state index contributed by atoms with van der Waals surface area (Å²) in [6.07, 6.45) is -9.69. The number of aromatic nitrogens is 1. The minimum absolute atomic E-state index is 0.148. The number of rotatable bonds is 2. The molecule has 0 bridgehead atoms. The molecule has 118 valence electrons. The first-order valence-corrected chi connectivity index (χ1v) is 5.70. The maximum atomic E-state index is 12.6. The minimum Gasteiger partial charge on any atom is -0.506 e. The molecule has 0 amide bonds. The fourth-order valence-corrected chi connectivity index (χ4v) is 1.66. The highest BCUT2D eigenvalue weighted by atomic mass is 19.4. The smallest absolute Gasteiger partial charge is 0.506 e. The van der Waals surface area contributed by atoms with Crippen molar-refractivity contribution >= 4 is 0 Å². The summed E-state index contributed by atoms with van der Waals surface area (Å²) in [4.78, 5) is 3.24. The van der Waals surface area contributed by atoms with Gasteiger partial charge in [-0.3, -0.25) is 0 Å². The Hall–Kier alpha value is -2.45. The van der Waals surface area contributed by atoms with Crippen LogP contribution < -0.4 is 4.74 Å². The van der Waals surface area contributed by atoms with Crippen LogP contribution in [0.25, 0.3) is 11.3 Å². The summed E-state index contributed by atoms with van der Waals surface area (Å²) in [7, 11) is 0. The maximum Gasteiger partial charge on any atom is 0.573 e. The van der Waals surface area contributed by atoms with Gasteiger partial charge in [0.2, 0.25) is 0 Å². The second kappa shape index (κ2) is 5.39. The zero-order chi connectivity index (χ0) is 16.5. The van der Waals surface area contributed by atoms with Gasteiger partial charge in [-0.15, -0.1) is 13.2 Å². The molecule has 0 saturated heterocycles. The number of aromatic hydroxyl groups is 1. The minimum atomic E-state index is -4.94. The number of alkyl halides is 6. The molecule has 22 heavy (non-hydrogen) atoms. The summed E-state index contributed by atoms with van der Waals surface area (Å²) in [6, 6.07) is 5.47. The van der Waals surface area contributed by atoms with E-state index in [-0.39, 0.29) is 5.56 Å². The molecule has 0 aliphatic heterocycles. The van der Waals surface area contributed by atoms with Crippen molar-refractivity contribution in [1.29, 1.82) is 0 Å². The molecule has 0 spiro atoms. The predicted octanol–water partition coefficient (Wildman–Crippen LogP) is 4.37. The zero-order valence-corrected chi connectivity index (χ0v) is 10.5. The number of benzene rings is 1. The van der Waals surface area contributed by atoms with E-state index in [1.807, 2.05) is 0 Å². The Balaban J connectivity index is 2.46. The topological polar surface area (TPSA) is 42.4 Å². The first-order chi connectivity index (χ1) is 10.1. The lowest BCUT2D eigenvalue weighted by molar-refractivity contribution is -0.274. The molecule has 0 saturated carbocycles. The second-order valence-corrected chi connectivity index (χ2v) is 4.14. The Morgan fingerprint density at radius 3 is 2.23 bits per heavy atom. The van der Waals surface area contributed by atoms with Gasteiger partial charge >= 0.3 is 12.5 Å². The molecule has 1 heterocycles. The third-order valence-electron chi connectivity index (χ3n) is 2.51. The number of hydrogen-bond donors (Lipinski definition) is 1. The molecule has 2 aromatic rings. The number of halogens is 6. The van der Waals surface area contributed by atoms with Crippen LogP contribution in [0.4, 0.5) is 26.3 Å². The van der Waals surface area contributed by atoms with Crippen molar-refractivity contribution in [3.63, 3.8) is 0 Å². The predicted molar refractivity (Wildman–Crippen MR) is 63.0 cm³/mol. The summed E-state index contributed by atoms with van der Waals surface area (Å²) in [5.41, 5.74) is -1.92. The van der Waals surface area contributed by atoms with Gasteiger partial charge in [0.05, 0.1) is 0 Å². The van der Waals surface area contributed by atoms with Crippen molar-refractivity contribution < 1.29 is 36.2 Å². The third kappa shape index (κ3) is 3.80. The number of ether oxygens (including phenoxy) is 1. The molecular formula is C13H7F6NO2. The summed E-state index contributed by atoms with van der Waals surface area (Å²) in [5.74, 6) is -1.24. The van der Waals surface area contributed by atoms with Crippen molar-refractivity contribution in [3.8, 4) is 22.8 Å². The van der Waals surface area contributed by atoms with E-state index in [0.717, 1.165) is 24.3 Å². The van der Waals surface area contributed by atoms with Crippen LogP contribution in [0, 0.1) is 0 Å². The Morgan fingerprint density at radius 1 is 0.955 bits per heavy atom. The van der Waals surface area contributed by atoms with Gasteiger partial charge in [0.1, 0.15) is 22.9 Å². The average Bonchev–Trinajstić information content (AvgIpc) is 2.36.